The Bertz CT molecular complexity index is 1540. The maximum Gasteiger partial charge on any atom is 0.188 e. The molecule has 3 fully saturated rings. The number of thioether (sulfide) groups is 1. The maximum atomic E-state index is 13.7. The van der Waals surface area contributed by atoms with Crippen LogP contribution in [0.4, 0.5) is 0 Å². The van der Waals surface area contributed by atoms with E-state index < -0.39 is 17.1 Å². The van der Waals surface area contributed by atoms with Crippen molar-refractivity contribution in [2.24, 2.45) is 28.6 Å². The minimum absolute atomic E-state index is 0.0689. The molecule has 0 spiro atoms. The number of hydrogen-bond acceptors (Lipinski definition) is 8. The summed E-state index contributed by atoms with van der Waals surface area (Å²) in [6.45, 7) is 6.27. The fraction of sp³-hybridized carbons (Fsp3) is 0.531. The topological polar surface area (TPSA) is 114 Å². The van der Waals surface area contributed by atoms with Crippen LogP contribution in [-0.2, 0) is 11.2 Å². The number of fused-ring (bicyclic) bond motifs is 6. The third-order valence-corrected chi connectivity index (χ3v) is 11.9. The first-order valence-corrected chi connectivity index (χ1v) is 15.7. The number of aryl methyl sites for hydroxylation is 1. The minimum Gasteiger partial charge on any atom is -0.393 e. The number of carbonyl (C=O) groups excluding carboxylic acids is 1. The van der Waals surface area contributed by atoms with Crippen molar-refractivity contribution >= 4 is 23.6 Å². The first-order valence-electron chi connectivity index (χ1n) is 14.7. The number of aliphatic hydroxyl groups excluding tert-OH is 1. The molecule has 0 aliphatic heterocycles. The molecule has 0 radical (unpaired) electrons. The van der Waals surface area contributed by atoms with E-state index >= 15 is 0 Å². The molecule has 4 aliphatic carbocycles. The van der Waals surface area contributed by atoms with E-state index in [2.05, 4.69) is 34.9 Å². The highest BCUT2D eigenvalue weighted by molar-refractivity contribution is 7.99. The number of hydrogen-bond donors (Lipinski definition) is 2. The van der Waals surface area contributed by atoms with Crippen molar-refractivity contribution in [3.63, 3.8) is 0 Å². The Morgan fingerprint density at radius 2 is 2.02 bits per heavy atom. The zero-order valence-corrected chi connectivity index (χ0v) is 24.6. The number of nitrogens with zero attached hydrogens (tertiary/aromatic N) is 5. The second-order valence-corrected chi connectivity index (χ2v) is 14.0. The van der Waals surface area contributed by atoms with Crippen molar-refractivity contribution in [1.29, 1.82) is 0 Å². The Kier molecular flexibility index (Phi) is 6.30. The molecule has 3 aromatic heterocycles. The van der Waals surface area contributed by atoms with Gasteiger partial charge < -0.3 is 10.2 Å². The van der Waals surface area contributed by atoms with E-state index in [0.717, 1.165) is 42.9 Å². The van der Waals surface area contributed by atoms with Crippen LogP contribution >= 0.6 is 11.8 Å². The molecule has 41 heavy (non-hydrogen) atoms. The van der Waals surface area contributed by atoms with E-state index in [1.54, 1.807) is 12.4 Å². The van der Waals surface area contributed by atoms with Gasteiger partial charge in [-0.25, -0.2) is 19.6 Å². The summed E-state index contributed by atoms with van der Waals surface area (Å²) in [5.74, 6) is 1.25. The van der Waals surface area contributed by atoms with Gasteiger partial charge in [0.15, 0.2) is 16.8 Å². The normalized spacial score (nSPS) is 35.6. The van der Waals surface area contributed by atoms with E-state index in [0.29, 0.717) is 18.0 Å². The van der Waals surface area contributed by atoms with E-state index in [9.17, 15) is 15.0 Å². The summed E-state index contributed by atoms with van der Waals surface area (Å²) in [5, 5.41) is 29.2. The minimum atomic E-state index is -1.46. The smallest absolute Gasteiger partial charge is 0.188 e. The summed E-state index contributed by atoms with van der Waals surface area (Å²) in [5.41, 5.74) is 2.16. The van der Waals surface area contributed by atoms with Gasteiger partial charge >= 0.3 is 0 Å². The van der Waals surface area contributed by atoms with Gasteiger partial charge in [0.05, 0.1) is 23.7 Å². The number of aromatic nitrogens is 5. The molecule has 0 amide bonds. The SMILES string of the molecule is Cc1ccnc(SCC(=O)[C@@]2(O)CCC3C4CCC5=Cc6c(cnn6-c6ccccn6)CC5(C)C4C(O)CC32C)n1. The summed E-state index contributed by atoms with van der Waals surface area (Å²) in [7, 11) is 0. The van der Waals surface area contributed by atoms with Crippen molar-refractivity contribution in [3.05, 3.63) is 65.4 Å². The molecule has 3 aromatic rings. The average molecular weight is 572 g/mol. The van der Waals surface area contributed by atoms with Crippen molar-refractivity contribution in [2.45, 2.75) is 76.2 Å². The number of allylic oxidation sites excluding steroid dienone is 1. The van der Waals surface area contributed by atoms with Crippen LogP contribution in [0.25, 0.3) is 11.9 Å². The van der Waals surface area contributed by atoms with Gasteiger partial charge in [-0.2, -0.15) is 5.10 Å². The highest BCUT2D eigenvalue weighted by atomic mass is 32.2. The number of ketones is 1. The summed E-state index contributed by atoms with van der Waals surface area (Å²) >= 11 is 1.28. The lowest BCUT2D eigenvalue weighted by Crippen LogP contribution is -2.62. The van der Waals surface area contributed by atoms with Crippen LogP contribution in [0.2, 0.25) is 0 Å². The maximum absolute atomic E-state index is 13.7. The molecule has 214 valence electrons. The zero-order valence-electron chi connectivity index (χ0n) is 23.8. The summed E-state index contributed by atoms with van der Waals surface area (Å²) in [6, 6.07) is 7.67. The van der Waals surface area contributed by atoms with Crippen molar-refractivity contribution < 1.29 is 15.0 Å². The van der Waals surface area contributed by atoms with E-state index in [1.165, 1.54) is 22.9 Å². The standard InChI is InChI=1S/C32H37N5O3S/c1-19-10-13-34-29(36-19)41-18-26(39)32(40)11-9-23-22-8-7-21-14-24-20(17-35-37(24)27-6-4-5-12-33-27)15-30(21,2)28(22)25(38)16-31(23,32)3/h4-6,10,12-14,17,22-23,25,28,38,40H,7-9,11,15-16,18H2,1-3H3/t22?,23?,25?,28?,30?,31?,32-/m0/s1. The van der Waals surface area contributed by atoms with Crippen molar-refractivity contribution in [1.82, 2.24) is 24.7 Å². The van der Waals surface area contributed by atoms with Crippen molar-refractivity contribution in [2.75, 3.05) is 5.75 Å². The lowest BCUT2D eigenvalue weighted by atomic mass is 9.45. The summed E-state index contributed by atoms with van der Waals surface area (Å²) in [4.78, 5) is 26.8. The molecule has 9 heteroatoms. The lowest BCUT2D eigenvalue weighted by molar-refractivity contribution is -0.177. The zero-order chi connectivity index (χ0) is 28.6. The van der Waals surface area contributed by atoms with Gasteiger partial charge in [-0.3, -0.25) is 4.79 Å². The molecular formula is C32H37N5O3S. The Morgan fingerprint density at radius 3 is 2.80 bits per heavy atom. The van der Waals surface area contributed by atoms with Gasteiger partial charge in [-0.15, -0.1) is 0 Å². The van der Waals surface area contributed by atoms with E-state index in [-0.39, 0.29) is 34.7 Å². The highest BCUT2D eigenvalue weighted by Crippen LogP contribution is 2.67. The van der Waals surface area contributed by atoms with Crippen LogP contribution in [-0.4, -0.2) is 58.2 Å². The third kappa shape index (κ3) is 3.99. The van der Waals surface area contributed by atoms with Crippen LogP contribution in [0.3, 0.4) is 0 Å². The van der Waals surface area contributed by atoms with Crippen LogP contribution in [0.5, 0.6) is 0 Å². The van der Waals surface area contributed by atoms with Gasteiger partial charge in [0, 0.05) is 23.5 Å². The molecule has 0 aromatic carbocycles. The summed E-state index contributed by atoms with van der Waals surface area (Å²) < 4.78 is 1.92. The first-order chi connectivity index (χ1) is 19.6. The molecule has 2 N–H and O–H groups in total. The van der Waals surface area contributed by atoms with Crippen molar-refractivity contribution in [3.8, 4) is 5.82 Å². The van der Waals surface area contributed by atoms with Gasteiger partial charge in [0.1, 0.15) is 5.60 Å². The van der Waals surface area contributed by atoms with Gasteiger partial charge in [0.2, 0.25) is 0 Å². The Labute approximate surface area is 244 Å². The summed E-state index contributed by atoms with van der Waals surface area (Å²) in [6.07, 6.45) is 11.5. The quantitative estimate of drug-likeness (QED) is 0.337. The van der Waals surface area contributed by atoms with Gasteiger partial charge in [-0.05, 0) is 98.5 Å². The monoisotopic (exact) mass is 571 g/mol. The number of aliphatic hydroxyl groups is 2. The fourth-order valence-corrected chi connectivity index (χ4v) is 9.90. The number of rotatable bonds is 5. The molecule has 0 saturated heterocycles. The Hall–Kier alpha value is -2.88. The van der Waals surface area contributed by atoms with Crippen LogP contribution < -0.4 is 0 Å². The Balaban J connectivity index is 1.16. The molecule has 4 aliphatic rings. The molecule has 3 heterocycles. The highest BCUT2D eigenvalue weighted by Gasteiger charge is 2.68. The number of pyridine rings is 1. The second-order valence-electron chi connectivity index (χ2n) is 13.0. The average Bonchev–Trinajstić information content (AvgIpc) is 3.48. The molecule has 8 nitrogen and oxygen atoms in total. The van der Waals surface area contributed by atoms with Crippen LogP contribution in [0, 0.1) is 35.5 Å². The van der Waals surface area contributed by atoms with E-state index in [1.807, 2.05) is 42.1 Å². The lowest BCUT2D eigenvalue weighted by Gasteiger charge is -2.60. The third-order valence-electron chi connectivity index (χ3n) is 11.0. The predicted octanol–water partition coefficient (Wildman–Crippen LogP) is 4.61. The largest absolute Gasteiger partial charge is 0.393 e. The second kappa shape index (κ2) is 9.57. The molecule has 7 rings (SSSR count). The fourth-order valence-electron chi connectivity index (χ4n) is 9.05. The molecule has 6 unspecified atom stereocenters. The van der Waals surface area contributed by atoms with E-state index in [4.69, 9.17) is 5.10 Å². The molecule has 0 bridgehead atoms. The van der Waals surface area contributed by atoms with Gasteiger partial charge in [0.25, 0.3) is 0 Å². The molecule has 3 saturated carbocycles. The van der Waals surface area contributed by atoms with Crippen LogP contribution in [0.15, 0.2) is 53.6 Å². The molecule has 7 atom stereocenters. The van der Waals surface area contributed by atoms with Crippen LogP contribution in [0.1, 0.15) is 62.9 Å². The predicted molar refractivity (Wildman–Crippen MR) is 156 cm³/mol. The molecular weight excluding hydrogens is 534 g/mol. The first kappa shape index (κ1) is 27.0. The number of carbonyl (C=O) groups is 1. The number of Topliss-reactive ketones (excluding diaryl/α,β-unsaturated/α-hetero) is 1. The van der Waals surface area contributed by atoms with Gasteiger partial charge in [-0.1, -0.05) is 37.2 Å². The Morgan fingerprint density at radius 1 is 1.17 bits per heavy atom.